The third-order valence-corrected chi connectivity index (χ3v) is 4.71. The largest absolute Gasteiger partial charge is 0.497 e. The van der Waals surface area contributed by atoms with Gasteiger partial charge in [0.15, 0.2) is 0 Å². The molecule has 3 aromatic carbocycles. The van der Waals surface area contributed by atoms with E-state index in [0.717, 1.165) is 28.4 Å². The number of rotatable bonds is 4. The number of carbonyl (C=O) groups is 1. The molecule has 0 fully saturated rings. The van der Waals surface area contributed by atoms with Crippen LogP contribution in [0, 0.1) is 0 Å². The lowest BCUT2D eigenvalue weighted by Crippen LogP contribution is -2.43. The number of para-hydroxylation sites is 2. The van der Waals surface area contributed by atoms with Crippen LogP contribution in [0.15, 0.2) is 72.8 Å². The maximum absolute atomic E-state index is 13.4. The molecule has 5 nitrogen and oxygen atoms in total. The van der Waals surface area contributed by atoms with E-state index in [-0.39, 0.29) is 5.91 Å². The van der Waals surface area contributed by atoms with Gasteiger partial charge in [-0.3, -0.25) is 9.69 Å². The van der Waals surface area contributed by atoms with E-state index in [1.165, 1.54) is 0 Å². The summed E-state index contributed by atoms with van der Waals surface area (Å²) in [6.45, 7) is 0. The third kappa shape index (κ3) is 2.97. The molecule has 1 aliphatic heterocycles. The van der Waals surface area contributed by atoms with Gasteiger partial charge in [0, 0.05) is 16.9 Å². The first-order valence-corrected chi connectivity index (χ1v) is 8.69. The number of ether oxygens (including phenoxy) is 2. The zero-order valence-electron chi connectivity index (χ0n) is 15.2. The molecule has 4 rings (SSSR count). The molecule has 0 spiro atoms. The average Bonchev–Trinajstić information content (AvgIpc) is 2.74. The van der Waals surface area contributed by atoms with Crippen molar-refractivity contribution >= 4 is 17.3 Å². The highest BCUT2D eigenvalue weighted by Gasteiger charge is 2.35. The van der Waals surface area contributed by atoms with E-state index in [4.69, 9.17) is 9.47 Å². The molecule has 0 unspecified atom stereocenters. The summed E-state index contributed by atoms with van der Waals surface area (Å²) >= 11 is 0. The molecule has 1 aliphatic rings. The zero-order chi connectivity index (χ0) is 18.8. The summed E-state index contributed by atoms with van der Waals surface area (Å²) in [6.07, 6.45) is -0.392. The van der Waals surface area contributed by atoms with Crippen molar-refractivity contribution in [2.45, 2.75) is 6.17 Å². The SMILES string of the molecule is COc1ccc(N2C(=O)c3ccccc3N[C@@H]2c2ccccc2OC)cc1. The number of hydrogen-bond acceptors (Lipinski definition) is 4. The first kappa shape index (κ1) is 17.0. The number of anilines is 2. The third-order valence-electron chi connectivity index (χ3n) is 4.71. The van der Waals surface area contributed by atoms with Crippen molar-refractivity contribution in [1.82, 2.24) is 0 Å². The normalized spacial score (nSPS) is 15.7. The van der Waals surface area contributed by atoms with Gasteiger partial charge in [0.2, 0.25) is 0 Å². The molecule has 0 saturated heterocycles. The van der Waals surface area contributed by atoms with Crippen LogP contribution in [-0.4, -0.2) is 20.1 Å². The molecule has 0 aromatic heterocycles. The standard InChI is InChI=1S/C22H20N2O3/c1-26-16-13-11-15(12-14-16)24-21(18-8-4-6-10-20(18)27-2)23-19-9-5-3-7-17(19)22(24)25/h3-14,21,23H,1-2H3/t21-/m0/s1. The fourth-order valence-electron chi connectivity index (χ4n) is 3.37. The molecule has 27 heavy (non-hydrogen) atoms. The van der Waals surface area contributed by atoms with Gasteiger partial charge in [-0.15, -0.1) is 0 Å². The highest BCUT2D eigenvalue weighted by Crippen LogP contribution is 2.39. The van der Waals surface area contributed by atoms with Crippen LogP contribution >= 0.6 is 0 Å². The van der Waals surface area contributed by atoms with Crippen LogP contribution in [0.4, 0.5) is 11.4 Å². The Hall–Kier alpha value is -3.47. The minimum atomic E-state index is -0.392. The van der Waals surface area contributed by atoms with Crippen LogP contribution in [0.25, 0.3) is 0 Å². The van der Waals surface area contributed by atoms with Crippen molar-refractivity contribution in [2.75, 3.05) is 24.4 Å². The quantitative estimate of drug-likeness (QED) is 0.746. The molecule has 0 saturated carbocycles. The molecule has 136 valence electrons. The van der Waals surface area contributed by atoms with E-state index in [2.05, 4.69) is 5.32 Å². The number of nitrogens with zero attached hydrogens (tertiary/aromatic N) is 1. The Morgan fingerprint density at radius 2 is 1.56 bits per heavy atom. The number of hydrogen-bond donors (Lipinski definition) is 1. The van der Waals surface area contributed by atoms with Crippen LogP contribution in [0.1, 0.15) is 22.1 Å². The Morgan fingerprint density at radius 1 is 0.852 bits per heavy atom. The predicted molar refractivity (Wildman–Crippen MR) is 106 cm³/mol. The number of nitrogens with one attached hydrogen (secondary N) is 1. The maximum atomic E-state index is 13.4. The smallest absolute Gasteiger partial charge is 0.262 e. The Balaban J connectivity index is 1.86. The number of benzene rings is 3. The van der Waals surface area contributed by atoms with Crippen molar-refractivity contribution in [1.29, 1.82) is 0 Å². The van der Waals surface area contributed by atoms with E-state index in [0.29, 0.717) is 5.56 Å². The van der Waals surface area contributed by atoms with Gasteiger partial charge in [-0.05, 0) is 42.5 Å². The highest BCUT2D eigenvalue weighted by molar-refractivity contribution is 6.12. The molecular formula is C22H20N2O3. The van der Waals surface area contributed by atoms with Crippen LogP contribution in [0.2, 0.25) is 0 Å². The summed E-state index contributed by atoms with van der Waals surface area (Å²) in [5.41, 5.74) is 3.11. The van der Waals surface area contributed by atoms with Gasteiger partial charge in [0.05, 0.1) is 19.8 Å². The second kappa shape index (κ2) is 7.03. The monoisotopic (exact) mass is 360 g/mol. The van der Waals surface area contributed by atoms with E-state index < -0.39 is 6.17 Å². The Kier molecular flexibility index (Phi) is 4.42. The Labute approximate surface area is 158 Å². The van der Waals surface area contributed by atoms with Crippen LogP contribution in [0.5, 0.6) is 11.5 Å². The molecule has 1 heterocycles. The Bertz CT molecular complexity index is 969. The summed E-state index contributed by atoms with van der Waals surface area (Å²) in [5, 5.41) is 3.49. The molecule has 1 atom stereocenters. The molecule has 1 N–H and O–H groups in total. The maximum Gasteiger partial charge on any atom is 0.262 e. The summed E-state index contributed by atoms with van der Waals surface area (Å²) < 4.78 is 10.8. The van der Waals surface area contributed by atoms with E-state index in [1.54, 1.807) is 19.1 Å². The lowest BCUT2D eigenvalue weighted by molar-refractivity contribution is 0.0974. The minimum Gasteiger partial charge on any atom is -0.497 e. The number of carbonyl (C=O) groups excluding carboxylic acids is 1. The Morgan fingerprint density at radius 3 is 2.30 bits per heavy atom. The highest BCUT2D eigenvalue weighted by atomic mass is 16.5. The topological polar surface area (TPSA) is 50.8 Å². The summed E-state index contributed by atoms with van der Waals surface area (Å²) in [6, 6.07) is 22.7. The van der Waals surface area contributed by atoms with Crippen LogP contribution in [0.3, 0.4) is 0 Å². The van der Waals surface area contributed by atoms with E-state index in [1.807, 2.05) is 72.8 Å². The van der Waals surface area contributed by atoms with Crippen molar-refractivity contribution in [3.05, 3.63) is 83.9 Å². The molecule has 5 heteroatoms. The van der Waals surface area contributed by atoms with Gasteiger partial charge in [-0.1, -0.05) is 30.3 Å². The summed E-state index contributed by atoms with van der Waals surface area (Å²) in [5.74, 6) is 1.40. The molecule has 0 bridgehead atoms. The lowest BCUT2D eigenvalue weighted by atomic mass is 10.0. The van der Waals surface area contributed by atoms with Crippen LogP contribution in [-0.2, 0) is 0 Å². The van der Waals surface area contributed by atoms with Gasteiger partial charge in [0.1, 0.15) is 17.7 Å². The lowest BCUT2D eigenvalue weighted by Gasteiger charge is -2.38. The van der Waals surface area contributed by atoms with Crippen molar-refractivity contribution in [3.63, 3.8) is 0 Å². The molecular weight excluding hydrogens is 340 g/mol. The zero-order valence-corrected chi connectivity index (χ0v) is 15.2. The number of fused-ring (bicyclic) bond motifs is 1. The molecule has 3 aromatic rings. The molecule has 0 aliphatic carbocycles. The van der Waals surface area contributed by atoms with Crippen molar-refractivity contribution < 1.29 is 14.3 Å². The van der Waals surface area contributed by atoms with Gasteiger partial charge in [0.25, 0.3) is 5.91 Å². The van der Waals surface area contributed by atoms with E-state index in [9.17, 15) is 4.79 Å². The average molecular weight is 360 g/mol. The summed E-state index contributed by atoms with van der Waals surface area (Å²) in [4.78, 5) is 15.1. The van der Waals surface area contributed by atoms with Crippen molar-refractivity contribution in [2.24, 2.45) is 0 Å². The van der Waals surface area contributed by atoms with E-state index >= 15 is 0 Å². The van der Waals surface area contributed by atoms with Gasteiger partial charge >= 0.3 is 0 Å². The second-order valence-electron chi connectivity index (χ2n) is 6.21. The second-order valence-corrected chi connectivity index (χ2v) is 6.21. The number of methoxy groups -OCH3 is 2. The predicted octanol–water partition coefficient (Wildman–Crippen LogP) is 4.47. The van der Waals surface area contributed by atoms with Gasteiger partial charge in [-0.25, -0.2) is 0 Å². The number of amides is 1. The molecule has 0 radical (unpaired) electrons. The fourth-order valence-corrected chi connectivity index (χ4v) is 3.37. The first-order chi connectivity index (χ1) is 13.2. The van der Waals surface area contributed by atoms with Crippen molar-refractivity contribution in [3.8, 4) is 11.5 Å². The van der Waals surface area contributed by atoms with Gasteiger partial charge in [-0.2, -0.15) is 0 Å². The van der Waals surface area contributed by atoms with Gasteiger partial charge < -0.3 is 14.8 Å². The molecule has 1 amide bonds. The summed E-state index contributed by atoms with van der Waals surface area (Å²) in [7, 11) is 3.26. The van der Waals surface area contributed by atoms with Crippen LogP contribution < -0.4 is 19.7 Å². The minimum absolute atomic E-state index is 0.0644. The first-order valence-electron chi connectivity index (χ1n) is 8.69. The fraction of sp³-hybridized carbons (Fsp3) is 0.136.